The molecule has 0 fully saturated rings. The average molecular weight is 270 g/mol. The Morgan fingerprint density at radius 2 is 2.06 bits per heavy atom. The molecule has 102 valence electrons. The lowest BCUT2D eigenvalue weighted by Gasteiger charge is -2.19. The lowest BCUT2D eigenvalue weighted by atomic mass is 10.1. The molecule has 0 radical (unpaired) electrons. The molecule has 1 atom stereocenters. The van der Waals surface area contributed by atoms with E-state index in [1.54, 1.807) is 0 Å². The highest BCUT2D eigenvalue weighted by Crippen LogP contribution is 2.23. The molecule has 0 aliphatic heterocycles. The smallest absolute Gasteiger partial charge is 0.120 e. The largest absolute Gasteiger partial charge is 0.489 e. The van der Waals surface area contributed by atoms with Crippen molar-refractivity contribution < 1.29 is 4.74 Å². The highest BCUT2D eigenvalue weighted by molar-refractivity contribution is 6.31. The van der Waals surface area contributed by atoms with Gasteiger partial charge in [0.25, 0.3) is 0 Å². The fourth-order valence-electron chi connectivity index (χ4n) is 1.92. The first kappa shape index (κ1) is 15.3. The molecule has 1 aromatic rings. The van der Waals surface area contributed by atoms with E-state index < -0.39 is 0 Å². The Bertz CT molecular complexity index is 354. The molecule has 0 aliphatic carbocycles. The van der Waals surface area contributed by atoms with Gasteiger partial charge in [-0.1, -0.05) is 38.8 Å². The van der Waals surface area contributed by atoms with Crippen LogP contribution in [0.4, 0.5) is 0 Å². The number of hydrogen-bond acceptors (Lipinski definition) is 2. The van der Waals surface area contributed by atoms with Gasteiger partial charge in [-0.2, -0.15) is 0 Å². The third-order valence-corrected chi connectivity index (χ3v) is 3.30. The van der Waals surface area contributed by atoms with E-state index in [9.17, 15) is 0 Å². The molecule has 0 aromatic heterocycles. The van der Waals surface area contributed by atoms with Crippen LogP contribution in [0.2, 0.25) is 5.02 Å². The van der Waals surface area contributed by atoms with Crippen LogP contribution in [0.5, 0.6) is 5.75 Å². The Balaban J connectivity index is 2.67. The number of ether oxygens (including phenoxy) is 1. The van der Waals surface area contributed by atoms with Crippen LogP contribution in [0.15, 0.2) is 18.2 Å². The second-order valence-corrected chi connectivity index (χ2v) is 4.85. The van der Waals surface area contributed by atoms with Crippen LogP contribution >= 0.6 is 11.6 Å². The Kier molecular flexibility index (Phi) is 7.14. The number of rotatable bonds is 8. The van der Waals surface area contributed by atoms with Crippen molar-refractivity contribution in [3.63, 3.8) is 0 Å². The summed E-state index contributed by atoms with van der Waals surface area (Å²) < 4.78 is 6.03. The second-order valence-electron chi connectivity index (χ2n) is 4.44. The van der Waals surface area contributed by atoms with E-state index in [2.05, 4.69) is 32.2 Å². The molecule has 0 bridgehead atoms. The first-order valence-corrected chi connectivity index (χ1v) is 7.24. The summed E-state index contributed by atoms with van der Waals surface area (Å²) in [7, 11) is 0. The van der Waals surface area contributed by atoms with Crippen LogP contribution in [-0.2, 0) is 6.42 Å². The molecule has 0 saturated heterocycles. The maximum absolute atomic E-state index is 6.11. The highest BCUT2D eigenvalue weighted by Gasteiger charge is 2.10. The van der Waals surface area contributed by atoms with Gasteiger partial charge in [-0.05, 0) is 43.1 Å². The molecular weight excluding hydrogens is 246 g/mol. The van der Waals surface area contributed by atoms with Crippen LogP contribution in [0.3, 0.4) is 0 Å². The highest BCUT2D eigenvalue weighted by atomic mass is 35.5. The minimum atomic E-state index is 0.237. The van der Waals surface area contributed by atoms with Crippen LogP contribution < -0.4 is 10.1 Å². The third-order valence-electron chi connectivity index (χ3n) is 2.93. The molecular formula is C15H24ClNO. The van der Waals surface area contributed by atoms with Gasteiger partial charge in [-0.25, -0.2) is 0 Å². The summed E-state index contributed by atoms with van der Waals surface area (Å²) >= 11 is 6.11. The van der Waals surface area contributed by atoms with E-state index in [1.165, 1.54) is 0 Å². The zero-order valence-electron chi connectivity index (χ0n) is 11.6. The predicted octanol–water partition coefficient (Wildman–Crippen LogP) is 4.06. The number of aryl methyl sites for hydroxylation is 1. The van der Waals surface area contributed by atoms with Crippen molar-refractivity contribution in [2.24, 2.45) is 0 Å². The molecule has 18 heavy (non-hydrogen) atoms. The number of nitrogens with one attached hydrogen (secondary N) is 1. The maximum Gasteiger partial charge on any atom is 0.120 e. The molecule has 1 rings (SSSR count). The summed E-state index contributed by atoms with van der Waals surface area (Å²) in [4.78, 5) is 0. The minimum Gasteiger partial charge on any atom is -0.489 e. The fraction of sp³-hybridized carbons (Fsp3) is 0.600. The van der Waals surface area contributed by atoms with Crippen molar-refractivity contribution in [2.75, 3.05) is 13.1 Å². The van der Waals surface area contributed by atoms with Crippen molar-refractivity contribution in [3.8, 4) is 5.75 Å². The van der Waals surface area contributed by atoms with Crippen molar-refractivity contribution >= 4 is 11.6 Å². The summed E-state index contributed by atoms with van der Waals surface area (Å²) in [6.07, 6.45) is 3.36. The molecule has 2 nitrogen and oxygen atoms in total. The van der Waals surface area contributed by atoms with E-state index in [-0.39, 0.29) is 6.10 Å². The van der Waals surface area contributed by atoms with Crippen LogP contribution in [0.25, 0.3) is 0 Å². The molecule has 1 aromatic carbocycles. The van der Waals surface area contributed by atoms with Gasteiger partial charge in [0.2, 0.25) is 0 Å². The van der Waals surface area contributed by atoms with Gasteiger partial charge in [0.15, 0.2) is 0 Å². The zero-order valence-corrected chi connectivity index (χ0v) is 12.4. The molecule has 3 heteroatoms. The fourth-order valence-corrected chi connectivity index (χ4v) is 2.17. The normalized spacial score (nSPS) is 12.4. The zero-order chi connectivity index (χ0) is 13.4. The molecule has 1 N–H and O–H groups in total. The monoisotopic (exact) mass is 269 g/mol. The van der Waals surface area contributed by atoms with Gasteiger partial charge >= 0.3 is 0 Å². The molecule has 0 aliphatic rings. The van der Waals surface area contributed by atoms with Crippen molar-refractivity contribution in [2.45, 2.75) is 46.1 Å². The number of benzene rings is 1. The van der Waals surface area contributed by atoms with E-state index >= 15 is 0 Å². The topological polar surface area (TPSA) is 21.3 Å². The van der Waals surface area contributed by atoms with Gasteiger partial charge < -0.3 is 10.1 Å². The SMILES string of the molecule is CCCC(CNCC)Oc1ccc(Cl)c(CC)c1. The van der Waals surface area contributed by atoms with Crippen molar-refractivity contribution in [3.05, 3.63) is 28.8 Å². The van der Waals surface area contributed by atoms with Crippen molar-refractivity contribution in [1.82, 2.24) is 5.32 Å². The molecule has 0 heterocycles. The van der Waals surface area contributed by atoms with Gasteiger partial charge in [-0.3, -0.25) is 0 Å². The standard InChI is InChI=1S/C15H24ClNO/c1-4-7-14(11-17-6-3)18-13-8-9-15(16)12(5-2)10-13/h8-10,14,17H,4-7,11H2,1-3H3. The maximum atomic E-state index is 6.11. The second kappa shape index (κ2) is 8.39. The Morgan fingerprint density at radius 1 is 1.28 bits per heavy atom. The summed E-state index contributed by atoms with van der Waals surface area (Å²) in [6.45, 7) is 8.27. The third kappa shape index (κ3) is 4.87. The van der Waals surface area contributed by atoms with E-state index in [4.69, 9.17) is 16.3 Å². The molecule has 0 spiro atoms. The van der Waals surface area contributed by atoms with E-state index in [1.807, 2.05) is 12.1 Å². The number of halogens is 1. The number of hydrogen-bond donors (Lipinski definition) is 1. The molecule has 1 unspecified atom stereocenters. The summed E-state index contributed by atoms with van der Waals surface area (Å²) in [5, 5.41) is 4.17. The average Bonchev–Trinajstić information content (AvgIpc) is 2.38. The quantitative estimate of drug-likeness (QED) is 0.768. The van der Waals surface area contributed by atoms with Gasteiger partial charge in [0.05, 0.1) is 0 Å². The van der Waals surface area contributed by atoms with E-state index in [0.29, 0.717) is 0 Å². The summed E-state index contributed by atoms with van der Waals surface area (Å²) in [6, 6.07) is 5.93. The first-order valence-electron chi connectivity index (χ1n) is 6.87. The lowest BCUT2D eigenvalue weighted by molar-refractivity contribution is 0.187. The lowest BCUT2D eigenvalue weighted by Crippen LogP contribution is -2.31. The Morgan fingerprint density at radius 3 is 2.67 bits per heavy atom. The molecule has 0 saturated carbocycles. The van der Waals surface area contributed by atoms with E-state index in [0.717, 1.165) is 48.7 Å². The summed E-state index contributed by atoms with van der Waals surface area (Å²) in [5.41, 5.74) is 1.15. The summed E-state index contributed by atoms with van der Waals surface area (Å²) in [5.74, 6) is 0.924. The van der Waals surface area contributed by atoms with Crippen LogP contribution in [0.1, 0.15) is 39.2 Å². The first-order chi connectivity index (χ1) is 8.71. The minimum absolute atomic E-state index is 0.237. The van der Waals surface area contributed by atoms with Crippen molar-refractivity contribution in [1.29, 1.82) is 0 Å². The van der Waals surface area contributed by atoms with Gasteiger partial charge in [0.1, 0.15) is 11.9 Å². The van der Waals surface area contributed by atoms with Crippen LogP contribution in [0, 0.1) is 0 Å². The van der Waals surface area contributed by atoms with Crippen LogP contribution in [-0.4, -0.2) is 19.2 Å². The Labute approximate surface area is 116 Å². The number of likely N-dealkylation sites (N-methyl/N-ethyl adjacent to an activating group) is 1. The molecule has 0 amide bonds. The predicted molar refractivity (Wildman–Crippen MR) is 78.7 cm³/mol. The van der Waals surface area contributed by atoms with Gasteiger partial charge in [-0.15, -0.1) is 0 Å². The Hall–Kier alpha value is -0.730. The van der Waals surface area contributed by atoms with Gasteiger partial charge in [0, 0.05) is 11.6 Å².